The molecule has 0 saturated carbocycles. The third-order valence-corrected chi connectivity index (χ3v) is 5.02. The zero-order valence-electron chi connectivity index (χ0n) is 17.8. The summed E-state index contributed by atoms with van der Waals surface area (Å²) in [5.74, 6) is -0.644. The number of non-ortho nitro benzene ring substituents is 1. The van der Waals surface area contributed by atoms with Gasteiger partial charge in [-0.25, -0.2) is 0 Å². The number of fused-ring (bicyclic) bond motifs is 1. The third-order valence-electron chi connectivity index (χ3n) is 5.02. The van der Waals surface area contributed by atoms with Crippen molar-refractivity contribution in [3.8, 4) is 11.5 Å². The molecule has 11 heteroatoms. The molecule has 0 atom stereocenters. The molecule has 0 bridgehead atoms. The predicted octanol–water partition coefficient (Wildman–Crippen LogP) is 4.90. The molecule has 0 aliphatic carbocycles. The summed E-state index contributed by atoms with van der Waals surface area (Å²) in [6.07, 6.45) is 0. The van der Waals surface area contributed by atoms with Gasteiger partial charge in [-0.2, -0.15) is 0 Å². The first-order chi connectivity index (χ1) is 17.0. The van der Waals surface area contributed by atoms with E-state index in [1.54, 1.807) is 24.3 Å². The lowest BCUT2D eigenvalue weighted by atomic mass is 10.2. The Bertz CT molecular complexity index is 1520. The van der Waals surface area contributed by atoms with Gasteiger partial charge in [0.1, 0.15) is 5.58 Å². The number of benzene rings is 3. The second-order valence-corrected chi connectivity index (χ2v) is 7.35. The van der Waals surface area contributed by atoms with Crippen LogP contribution in [0.1, 0.15) is 20.9 Å². The minimum atomic E-state index is -0.515. The van der Waals surface area contributed by atoms with Crippen LogP contribution in [0.4, 0.5) is 17.4 Å². The molecule has 2 N–H and O–H groups in total. The van der Waals surface area contributed by atoms with E-state index in [2.05, 4.69) is 20.8 Å². The average Bonchev–Trinajstić information content (AvgIpc) is 3.52. The molecule has 2 aromatic heterocycles. The van der Waals surface area contributed by atoms with Crippen LogP contribution < -0.4 is 10.6 Å². The molecule has 35 heavy (non-hydrogen) atoms. The van der Waals surface area contributed by atoms with E-state index in [4.69, 9.17) is 8.83 Å². The van der Waals surface area contributed by atoms with Crippen LogP contribution in [0.25, 0.3) is 22.4 Å². The fraction of sp³-hybridized carbons (Fsp3) is 0. The van der Waals surface area contributed by atoms with E-state index >= 15 is 0 Å². The maximum Gasteiger partial charge on any atom is 0.322 e. The van der Waals surface area contributed by atoms with Crippen molar-refractivity contribution in [1.29, 1.82) is 0 Å². The minimum Gasteiger partial charge on any atom is -0.451 e. The first-order valence-corrected chi connectivity index (χ1v) is 10.3. The number of hydrogen-bond acceptors (Lipinski definition) is 8. The standard InChI is InChI=1S/C24H15N5O6/c30-21(26-24-28-27-23(35-24)15-7-11-18(12-8-15)29(32)33)14-5-9-17(10-6-14)25-22(31)20-13-16-3-1-2-4-19(16)34-20/h1-13H,(H,25,31)(H,26,28,30). The molecule has 0 spiro atoms. The van der Waals surface area contributed by atoms with Gasteiger partial charge in [0.15, 0.2) is 5.76 Å². The van der Waals surface area contributed by atoms with Crippen molar-refractivity contribution >= 4 is 40.2 Å². The number of aromatic nitrogens is 2. The Morgan fingerprint density at radius 3 is 2.29 bits per heavy atom. The Morgan fingerprint density at radius 1 is 0.829 bits per heavy atom. The van der Waals surface area contributed by atoms with Crippen LogP contribution in [-0.2, 0) is 0 Å². The molecule has 172 valence electrons. The first-order valence-electron chi connectivity index (χ1n) is 10.3. The maximum atomic E-state index is 12.5. The Morgan fingerprint density at radius 2 is 1.57 bits per heavy atom. The van der Waals surface area contributed by atoms with Gasteiger partial charge in [-0.3, -0.25) is 25.0 Å². The number of hydrogen-bond donors (Lipinski definition) is 2. The van der Waals surface area contributed by atoms with Gasteiger partial charge in [0.2, 0.25) is 5.89 Å². The highest BCUT2D eigenvalue weighted by Gasteiger charge is 2.15. The third kappa shape index (κ3) is 4.59. The quantitative estimate of drug-likeness (QED) is 0.263. The smallest absolute Gasteiger partial charge is 0.322 e. The van der Waals surface area contributed by atoms with E-state index in [-0.39, 0.29) is 23.4 Å². The van der Waals surface area contributed by atoms with Crippen molar-refractivity contribution in [3.05, 3.63) is 100 Å². The van der Waals surface area contributed by atoms with Crippen molar-refractivity contribution in [2.75, 3.05) is 10.6 Å². The lowest BCUT2D eigenvalue weighted by molar-refractivity contribution is -0.384. The van der Waals surface area contributed by atoms with E-state index < -0.39 is 16.7 Å². The largest absolute Gasteiger partial charge is 0.451 e. The maximum absolute atomic E-state index is 12.5. The molecule has 0 aliphatic heterocycles. The van der Waals surface area contributed by atoms with Crippen molar-refractivity contribution in [3.63, 3.8) is 0 Å². The molecule has 0 radical (unpaired) electrons. The van der Waals surface area contributed by atoms with Crippen LogP contribution >= 0.6 is 0 Å². The van der Waals surface area contributed by atoms with Gasteiger partial charge in [0.25, 0.3) is 17.5 Å². The summed E-state index contributed by atoms with van der Waals surface area (Å²) in [4.78, 5) is 35.2. The molecule has 2 heterocycles. The molecule has 0 saturated heterocycles. The summed E-state index contributed by atoms with van der Waals surface area (Å²) >= 11 is 0. The molecule has 3 aromatic carbocycles. The van der Waals surface area contributed by atoms with Gasteiger partial charge in [0, 0.05) is 34.3 Å². The number of nitro groups is 1. The fourth-order valence-corrected chi connectivity index (χ4v) is 3.28. The van der Waals surface area contributed by atoms with E-state index in [0.29, 0.717) is 22.4 Å². The second kappa shape index (κ2) is 8.90. The number of rotatable bonds is 6. The van der Waals surface area contributed by atoms with Crippen molar-refractivity contribution in [2.45, 2.75) is 0 Å². The highest BCUT2D eigenvalue weighted by Crippen LogP contribution is 2.23. The topological polar surface area (TPSA) is 153 Å². The summed E-state index contributed by atoms with van der Waals surface area (Å²) in [7, 11) is 0. The molecular weight excluding hydrogens is 454 g/mol. The first kappa shape index (κ1) is 21.5. The van der Waals surface area contributed by atoms with Crippen molar-refractivity contribution in [2.24, 2.45) is 0 Å². The number of nitro benzene ring substituents is 1. The van der Waals surface area contributed by atoms with Gasteiger partial charge in [0.05, 0.1) is 4.92 Å². The molecule has 0 unspecified atom stereocenters. The summed E-state index contributed by atoms with van der Waals surface area (Å²) < 4.78 is 11.0. The van der Waals surface area contributed by atoms with Crippen LogP contribution in [0, 0.1) is 10.1 Å². The fourth-order valence-electron chi connectivity index (χ4n) is 3.28. The average molecular weight is 469 g/mol. The number of anilines is 2. The lowest BCUT2D eigenvalue weighted by Gasteiger charge is -2.05. The molecule has 5 rings (SSSR count). The van der Waals surface area contributed by atoms with E-state index in [0.717, 1.165) is 5.39 Å². The molecule has 2 amide bonds. The van der Waals surface area contributed by atoms with Crippen LogP contribution in [0.3, 0.4) is 0 Å². The number of para-hydroxylation sites is 1. The second-order valence-electron chi connectivity index (χ2n) is 7.35. The van der Waals surface area contributed by atoms with Crippen LogP contribution in [-0.4, -0.2) is 26.9 Å². The summed E-state index contributed by atoms with van der Waals surface area (Å²) in [5, 5.41) is 24.4. The molecule has 11 nitrogen and oxygen atoms in total. The zero-order valence-corrected chi connectivity index (χ0v) is 17.8. The molecule has 0 aliphatic rings. The highest BCUT2D eigenvalue weighted by atomic mass is 16.6. The van der Waals surface area contributed by atoms with Crippen molar-refractivity contribution in [1.82, 2.24) is 10.2 Å². The van der Waals surface area contributed by atoms with E-state index in [1.165, 1.54) is 36.4 Å². The summed E-state index contributed by atoms with van der Waals surface area (Å²) in [5.41, 5.74) is 1.78. The Kier molecular flexibility index (Phi) is 5.47. The minimum absolute atomic E-state index is 0.0704. The highest BCUT2D eigenvalue weighted by molar-refractivity contribution is 6.06. The molecular formula is C24H15N5O6. The van der Waals surface area contributed by atoms with Crippen molar-refractivity contribution < 1.29 is 23.3 Å². The van der Waals surface area contributed by atoms with Crippen LogP contribution in [0.5, 0.6) is 0 Å². The van der Waals surface area contributed by atoms with Gasteiger partial charge in [-0.1, -0.05) is 23.3 Å². The number of carbonyl (C=O) groups is 2. The van der Waals surface area contributed by atoms with Gasteiger partial charge >= 0.3 is 6.01 Å². The summed E-state index contributed by atoms with van der Waals surface area (Å²) in [6.45, 7) is 0. The van der Waals surface area contributed by atoms with Gasteiger partial charge in [-0.05, 0) is 48.5 Å². The Labute approximate surface area is 196 Å². The lowest BCUT2D eigenvalue weighted by Crippen LogP contribution is -2.13. The number of nitrogens with zero attached hydrogens (tertiary/aromatic N) is 3. The van der Waals surface area contributed by atoms with Gasteiger partial charge in [-0.15, -0.1) is 5.10 Å². The Balaban J connectivity index is 1.22. The monoisotopic (exact) mass is 469 g/mol. The normalized spacial score (nSPS) is 10.7. The van der Waals surface area contributed by atoms with Gasteiger partial charge < -0.3 is 14.2 Å². The van der Waals surface area contributed by atoms with E-state index in [1.807, 2.05) is 18.2 Å². The number of carbonyl (C=O) groups excluding carboxylic acids is 2. The number of furan rings is 1. The SMILES string of the molecule is O=C(Nc1nnc(-c2ccc([N+](=O)[O-])cc2)o1)c1ccc(NC(=O)c2cc3ccccc3o2)cc1. The number of nitrogens with one attached hydrogen (secondary N) is 2. The summed E-state index contributed by atoms with van der Waals surface area (Å²) in [6, 6.07) is 20.6. The van der Waals surface area contributed by atoms with E-state index in [9.17, 15) is 19.7 Å². The molecule has 0 fully saturated rings. The number of amides is 2. The predicted molar refractivity (Wildman–Crippen MR) is 125 cm³/mol. The molecule has 5 aromatic rings. The zero-order chi connectivity index (χ0) is 24.4. The van der Waals surface area contributed by atoms with Crippen LogP contribution in [0.15, 0.2) is 87.7 Å². The van der Waals surface area contributed by atoms with Crippen LogP contribution in [0.2, 0.25) is 0 Å². The Hall–Kier alpha value is -5.32.